The maximum Gasteiger partial charge on any atom is 0.306 e. The maximum absolute atomic E-state index is 11.9. The summed E-state index contributed by atoms with van der Waals surface area (Å²) < 4.78 is 16.3. The monoisotopic (exact) mass is 336 g/mol. The van der Waals surface area contributed by atoms with Crippen LogP contribution in [0.15, 0.2) is 0 Å². The van der Waals surface area contributed by atoms with Gasteiger partial charge in [0.05, 0.1) is 19.7 Å². The van der Waals surface area contributed by atoms with Crippen LogP contribution in [0.3, 0.4) is 0 Å². The molecule has 22 heavy (non-hydrogen) atoms. The van der Waals surface area contributed by atoms with E-state index in [0.717, 1.165) is 25.7 Å². The van der Waals surface area contributed by atoms with E-state index in [1.807, 2.05) is 0 Å². The number of methoxy groups -OCH3 is 1. The lowest BCUT2D eigenvalue weighted by Gasteiger charge is -2.18. The maximum atomic E-state index is 11.9. The van der Waals surface area contributed by atoms with Gasteiger partial charge in [0.15, 0.2) is 0 Å². The normalized spacial score (nSPS) is 14.9. The van der Waals surface area contributed by atoms with Gasteiger partial charge in [-0.2, -0.15) is 0 Å². The molecule has 0 rings (SSSR count). The molecular formula is C14H29N2O5P. The predicted molar refractivity (Wildman–Crippen MR) is 85.9 cm³/mol. The lowest BCUT2D eigenvalue weighted by atomic mass is 10.1. The first-order valence-electron chi connectivity index (χ1n) is 7.69. The van der Waals surface area contributed by atoms with Gasteiger partial charge in [0.1, 0.15) is 0 Å². The highest BCUT2D eigenvalue weighted by Gasteiger charge is 2.22. The highest BCUT2D eigenvalue weighted by Crippen LogP contribution is 2.41. The Labute approximate surface area is 132 Å². The lowest BCUT2D eigenvalue weighted by Crippen LogP contribution is -2.43. The van der Waals surface area contributed by atoms with E-state index in [2.05, 4.69) is 22.3 Å². The lowest BCUT2D eigenvalue weighted by molar-refractivity contribution is -0.140. The van der Waals surface area contributed by atoms with E-state index in [-0.39, 0.29) is 37.2 Å². The van der Waals surface area contributed by atoms with Crippen LogP contribution in [0.2, 0.25) is 0 Å². The second-order valence-electron chi connectivity index (χ2n) is 5.27. The van der Waals surface area contributed by atoms with Crippen molar-refractivity contribution in [1.29, 1.82) is 0 Å². The summed E-state index contributed by atoms with van der Waals surface area (Å²) in [5.74, 6) is -0.784. The van der Waals surface area contributed by atoms with Crippen LogP contribution in [-0.2, 0) is 18.9 Å². The number of nitrogens with one attached hydrogen (secondary N) is 2. The Morgan fingerprint density at radius 3 is 2.41 bits per heavy atom. The molecule has 0 aromatic carbocycles. The molecule has 0 bridgehead atoms. The molecule has 130 valence electrons. The van der Waals surface area contributed by atoms with Gasteiger partial charge in [0, 0.05) is 18.7 Å². The van der Waals surface area contributed by atoms with Gasteiger partial charge in [-0.05, 0) is 13.5 Å². The molecule has 0 saturated carbocycles. The Hall–Kier alpha value is -0.910. The number of carbonyl (C=O) groups excluding carboxylic acids is 2. The Kier molecular flexibility index (Phi) is 11.1. The molecule has 0 aliphatic carbocycles. The van der Waals surface area contributed by atoms with Crippen LogP contribution in [0.5, 0.6) is 0 Å². The van der Waals surface area contributed by atoms with Crippen molar-refractivity contribution in [2.75, 3.05) is 26.5 Å². The van der Waals surface area contributed by atoms with Crippen molar-refractivity contribution >= 4 is 19.2 Å². The summed E-state index contributed by atoms with van der Waals surface area (Å²) in [7, 11) is -0.475. The summed E-state index contributed by atoms with van der Waals surface area (Å²) in [5, 5.41) is 5.81. The van der Waals surface area contributed by atoms with Gasteiger partial charge >= 0.3 is 5.97 Å². The average molecular weight is 336 g/mol. The fourth-order valence-corrected chi connectivity index (χ4v) is 3.22. The van der Waals surface area contributed by atoms with E-state index in [0.29, 0.717) is 0 Å². The van der Waals surface area contributed by atoms with E-state index in [1.54, 1.807) is 7.05 Å². The zero-order chi connectivity index (χ0) is 17.0. The second kappa shape index (κ2) is 11.6. The summed E-state index contributed by atoms with van der Waals surface area (Å²) >= 11 is 0. The van der Waals surface area contributed by atoms with Gasteiger partial charge in [0.2, 0.25) is 13.3 Å². The Bertz CT molecular complexity index is 389. The summed E-state index contributed by atoms with van der Waals surface area (Å²) in [6.45, 7) is 2.11. The van der Waals surface area contributed by atoms with E-state index < -0.39 is 13.3 Å². The first-order valence-corrected chi connectivity index (χ1v) is 9.72. The van der Waals surface area contributed by atoms with E-state index in [9.17, 15) is 19.0 Å². The van der Waals surface area contributed by atoms with Crippen LogP contribution < -0.4 is 10.6 Å². The molecule has 0 radical (unpaired) electrons. The van der Waals surface area contributed by atoms with Gasteiger partial charge in [-0.15, -0.1) is 0 Å². The molecule has 2 atom stereocenters. The number of esters is 1. The van der Waals surface area contributed by atoms with Crippen molar-refractivity contribution < 1.29 is 23.8 Å². The molecule has 0 heterocycles. The van der Waals surface area contributed by atoms with Crippen LogP contribution in [0.4, 0.5) is 0 Å². The molecule has 2 unspecified atom stereocenters. The van der Waals surface area contributed by atoms with Crippen LogP contribution in [0.25, 0.3) is 0 Å². The van der Waals surface area contributed by atoms with Gasteiger partial charge in [-0.1, -0.05) is 26.2 Å². The van der Waals surface area contributed by atoms with Gasteiger partial charge in [0.25, 0.3) is 0 Å². The van der Waals surface area contributed by atoms with Crippen LogP contribution in [0.1, 0.15) is 45.4 Å². The largest absolute Gasteiger partial charge is 0.469 e. The molecule has 7 nitrogen and oxygen atoms in total. The summed E-state index contributed by atoms with van der Waals surface area (Å²) in [4.78, 5) is 32.5. The van der Waals surface area contributed by atoms with Crippen molar-refractivity contribution in [1.82, 2.24) is 10.6 Å². The SMILES string of the molecule is CCCCCC(NC)NC(=O)CCP(=O)(O)CCC(=O)OC. The van der Waals surface area contributed by atoms with Crippen LogP contribution in [0, 0.1) is 0 Å². The van der Waals surface area contributed by atoms with Crippen molar-refractivity contribution in [3.05, 3.63) is 0 Å². The topological polar surface area (TPSA) is 105 Å². The highest BCUT2D eigenvalue weighted by molar-refractivity contribution is 7.58. The summed E-state index contributed by atoms with van der Waals surface area (Å²) in [6, 6.07) is 0. The number of hydrogen-bond acceptors (Lipinski definition) is 5. The minimum Gasteiger partial charge on any atom is -0.469 e. The Morgan fingerprint density at radius 2 is 1.86 bits per heavy atom. The predicted octanol–water partition coefficient (Wildman–Crippen LogP) is 1.45. The minimum atomic E-state index is -3.47. The standard InChI is InChI=1S/C14H29N2O5P/c1-4-5-6-7-12(15-2)16-13(17)8-10-22(19,20)11-9-14(18)21-3/h12,15H,4-11H2,1-3H3,(H,16,17)(H,19,20). The molecule has 0 fully saturated rings. The fraction of sp³-hybridized carbons (Fsp3) is 0.857. The van der Waals surface area contributed by atoms with Gasteiger partial charge in [-0.3, -0.25) is 14.2 Å². The third kappa shape index (κ3) is 10.8. The first-order chi connectivity index (χ1) is 10.3. The van der Waals surface area contributed by atoms with E-state index >= 15 is 0 Å². The highest BCUT2D eigenvalue weighted by atomic mass is 31.2. The van der Waals surface area contributed by atoms with E-state index in [1.165, 1.54) is 7.11 Å². The molecule has 8 heteroatoms. The minimum absolute atomic E-state index is 0.0269. The number of ether oxygens (including phenoxy) is 1. The smallest absolute Gasteiger partial charge is 0.306 e. The second-order valence-corrected chi connectivity index (χ2v) is 7.86. The van der Waals surface area contributed by atoms with Crippen molar-refractivity contribution in [2.45, 2.75) is 51.6 Å². The number of hydrogen-bond donors (Lipinski definition) is 3. The number of carbonyl (C=O) groups is 2. The third-order valence-corrected chi connectivity index (χ3v) is 5.21. The van der Waals surface area contributed by atoms with Gasteiger partial charge < -0.3 is 20.3 Å². The first kappa shape index (κ1) is 21.1. The average Bonchev–Trinajstić information content (AvgIpc) is 2.50. The summed E-state index contributed by atoms with van der Waals surface area (Å²) in [6.07, 6.45) is 3.52. The number of rotatable bonds is 12. The zero-order valence-corrected chi connectivity index (χ0v) is 14.7. The molecule has 0 spiro atoms. The molecule has 0 aromatic heterocycles. The molecule has 0 saturated heterocycles. The molecule has 1 amide bonds. The van der Waals surface area contributed by atoms with Gasteiger partial charge in [-0.25, -0.2) is 0 Å². The zero-order valence-electron chi connectivity index (χ0n) is 13.8. The summed E-state index contributed by atoms with van der Waals surface area (Å²) in [5.41, 5.74) is 0. The quantitative estimate of drug-likeness (QED) is 0.216. The van der Waals surface area contributed by atoms with Crippen LogP contribution in [-0.4, -0.2) is 49.4 Å². The van der Waals surface area contributed by atoms with E-state index in [4.69, 9.17) is 0 Å². The van der Waals surface area contributed by atoms with Crippen molar-refractivity contribution in [3.8, 4) is 0 Å². The number of amides is 1. The molecule has 3 N–H and O–H groups in total. The molecule has 0 aromatic rings. The fourth-order valence-electron chi connectivity index (χ4n) is 1.91. The molecule has 0 aliphatic rings. The van der Waals surface area contributed by atoms with Crippen molar-refractivity contribution in [2.24, 2.45) is 0 Å². The third-order valence-electron chi connectivity index (χ3n) is 3.36. The number of unbranched alkanes of at least 4 members (excludes halogenated alkanes) is 2. The Balaban J connectivity index is 4.08. The van der Waals surface area contributed by atoms with Crippen LogP contribution >= 0.6 is 7.37 Å². The molecule has 0 aliphatic heterocycles. The van der Waals surface area contributed by atoms with Crippen molar-refractivity contribution in [3.63, 3.8) is 0 Å². The Morgan fingerprint density at radius 1 is 1.23 bits per heavy atom. The molecular weight excluding hydrogens is 307 g/mol.